The highest BCUT2D eigenvalue weighted by Gasteiger charge is 2.04. The van der Waals surface area contributed by atoms with E-state index in [2.05, 4.69) is 10.6 Å². The van der Waals surface area contributed by atoms with Crippen molar-refractivity contribution < 1.29 is 9.59 Å². The maximum absolute atomic E-state index is 11.0. The molecule has 3 amide bonds. The average Bonchev–Trinajstić information content (AvgIpc) is 2.70. The van der Waals surface area contributed by atoms with E-state index in [1.54, 1.807) is 11.3 Å². The second-order valence-electron chi connectivity index (χ2n) is 2.77. The molecule has 0 radical (unpaired) electrons. The second-order valence-corrected chi connectivity index (χ2v) is 4.07. The van der Waals surface area contributed by atoms with Crippen LogP contribution in [-0.4, -0.2) is 24.4 Å². The third kappa shape index (κ3) is 4.80. The first-order valence-corrected chi connectivity index (χ1v) is 5.80. The third-order valence-corrected chi connectivity index (χ3v) is 2.79. The fraction of sp³-hybridized carbons (Fsp3) is 0.333. The predicted octanol–water partition coefficient (Wildman–Crippen LogP) is 1.36. The molecule has 1 aromatic rings. The van der Waals surface area contributed by atoms with Gasteiger partial charge in [-0.15, -0.1) is 22.9 Å². The number of amides is 3. The van der Waals surface area contributed by atoms with Crippen molar-refractivity contribution in [2.45, 2.75) is 6.42 Å². The lowest BCUT2D eigenvalue weighted by atomic mass is 10.3. The van der Waals surface area contributed by atoms with Gasteiger partial charge in [-0.1, -0.05) is 6.07 Å². The molecule has 0 bridgehead atoms. The minimum absolute atomic E-state index is 0.210. The number of carbonyl (C=O) groups excluding carboxylic acids is 2. The summed E-state index contributed by atoms with van der Waals surface area (Å²) in [4.78, 5) is 22.9. The van der Waals surface area contributed by atoms with Crippen molar-refractivity contribution in [3.8, 4) is 0 Å². The van der Waals surface area contributed by atoms with E-state index in [4.69, 9.17) is 11.6 Å². The smallest absolute Gasteiger partial charge is 0.321 e. The largest absolute Gasteiger partial charge is 0.337 e. The molecule has 0 saturated carbocycles. The lowest BCUT2D eigenvalue weighted by Gasteiger charge is -2.04. The molecule has 0 spiro atoms. The Kier molecular flexibility index (Phi) is 5.14. The Labute approximate surface area is 96.6 Å². The first-order valence-electron chi connectivity index (χ1n) is 4.38. The Bertz CT molecular complexity index is 327. The minimum atomic E-state index is -0.503. The minimum Gasteiger partial charge on any atom is -0.337 e. The molecule has 1 heterocycles. The van der Waals surface area contributed by atoms with Gasteiger partial charge in [-0.25, -0.2) is 4.79 Å². The number of rotatable bonds is 4. The highest BCUT2D eigenvalue weighted by Crippen LogP contribution is 2.07. The number of hydrogen-bond donors (Lipinski definition) is 2. The predicted molar refractivity (Wildman–Crippen MR) is 60.3 cm³/mol. The van der Waals surface area contributed by atoms with Crippen molar-refractivity contribution in [1.29, 1.82) is 0 Å². The van der Waals surface area contributed by atoms with Gasteiger partial charge in [-0.2, -0.15) is 0 Å². The number of nitrogens with one attached hydrogen (secondary N) is 2. The summed E-state index contributed by atoms with van der Waals surface area (Å²) in [5.41, 5.74) is 0. The number of imide groups is 1. The molecular weight excluding hydrogens is 236 g/mol. The van der Waals surface area contributed by atoms with Crippen LogP contribution in [0.1, 0.15) is 4.88 Å². The van der Waals surface area contributed by atoms with Crippen molar-refractivity contribution in [2.75, 3.05) is 12.4 Å². The van der Waals surface area contributed by atoms with Gasteiger partial charge in [0.25, 0.3) is 0 Å². The van der Waals surface area contributed by atoms with E-state index in [-0.39, 0.29) is 5.88 Å². The zero-order chi connectivity index (χ0) is 11.1. The summed E-state index contributed by atoms with van der Waals surface area (Å²) in [7, 11) is 0. The van der Waals surface area contributed by atoms with Crippen molar-refractivity contribution in [1.82, 2.24) is 10.6 Å². The van der Waals surface area contributed by atoms with Gasteiger partial charge in [-0.05, 0) is 17.9 Å². The number of thiophene rings is 1. The van der Waals surface area contributed by atoms with Crippen LogP contribution in [0.3, 0.4) is 0 Å². The van der Waals surface area contributed by atoms with Gasteiger partial charge in [0.2, 0.25) is 5.91 Å². The molecule has 0 aliphatic rings. The molecule has 0 unspecified atom stereocenters. The summed E-state index contributed by atoms with van der Waals surface area (Å²) >= 11 is 6.85. The van der Waals surface area contributed by atoms with Crippen LogP contribution >= 0.6 is 22.9 Å². The van der Waals surface area contributed by atoms with Crippen LogP contribution in [0.4, 0.5) is 4.79 Å². The van der Waals surface area contributed by atoms with Gasteiger partial charge in [0.05, 0.1) is 0 Å². The standard InChI is InChI=1S/C9H11ClN2O2S/c10-6-8(13)12-9(14)11-4-3-7-2-1-5-15-7/h1-2,5H,3-4,6H2,(H2,11,12,13,14). The molecule has 6 heteroatoms. The fourth-order valence-electron chi connectivity index (χ4n) is 0.958. The molecule has 4 nitrogen and oxygen atoms in total. The van der Waals surface area contributed by atoms with E-state index in [0.29, 0.717) is 6.54 Å². The van der Waals surface area contributed by atoms with Crippen molar-refractivity contribution in [3.63, 3.8) is 0 Å². The molecule has 0 aliphatic heterocycles. The first kappa shape index (κ1) is 12.0. The Morgan fingerprint density at radius 3 is 2.87 bits per heavy atom. The number of urea groups is 1. The van der Waals surface area contributed by atoms with Crippen LogP contribution < -0.4 is 10.6 Å². The van der Waals surface area contributed by atoms with E-state index < -0.39 is 11.9 Å². The normalized spacial score (nSPS) is 9.67. The van der Waals surface area contributed by atoms with Crippen molar-refractivity contribution >= 4 is 34.9 Å². The van der Waals surface area contributed by atoms with E-state index in [1.807, 2.05) is 17.5 Å². The number of hydrogen-bond acceptors (Lipinski definition) is 3. The molecule has 1 aromatic heterocycles. The molecule has 15 heavy (non-hydrogen) atoms. The molecule has 0 atom stereocenters. The number of alkyl halides is 1. The quantitative estimate of drug-likeness (QED) is 0.788. The molecule has 0 fully saturated rings. The van der Waals surface area contributed by atoms with E-state index in [9.17, 15) is 9.59 Å². The lowest BCUT2D eigenvalue weighted by molar-refractivity contribution is -0.117. The van der Waals surface area contributed by atoms with E-state index in [0.717, 1.165) is 6.42 Å². The van der Waals surface area contributed by atoms with Crippen LogP contribution in [0, 0.1) is 0 Å². The monoisotopic (exact) mass is 246 g/mol. The second kappa shape index (κ2) is 6.42. The summed E-state index contributed by atoms with van der Waals surface area (Å²) < 4.78 is 0. The molecule has 2 N–H and O–H groups in total. The summed E-state index contributed by atoms with van der Waals surface area (Å²) in [5.74, 6) is -0.705. The number of halogens is 1. The molecule has 1 rings (SSSR count). The highest BCUT2D eigenvalue weighted by atomic mass is 35.5. The molecule has 0 aliphatic carbocycles. The Balaban J connectivity index is 2.15. The summed E-state index contributed by atoms with van der Waals surface area (Å²) in [5, 5.41) is 6.63. The average molecular weight is 247 g/mol. The van der Waals surface area contributed by atoms with Crippen LogP contribution in [0.15, 0.2) is 17.5 Å². The SMILES string of the molecule is O=C(CCl)NC(=O)NCCc1cccs1. The maximum atomic E-state index is 11.0. The molecule has 0 saturated heterocycles. The van der Waals surface area contributed by atoms with Gasteiger partial charge in [0, 0.05) is 11.4 Å². The zero-order valence-corrected chi connectivity index (χ0v) is 9.53. The Hall–Kier alpha value is -1.07. The molecule has 82 valence electrons. The van der Waals surface area contributed by atoms with Gasteiger partial charge >= 0.3 is 6.03 Å². The number of carbonyl (C=O) groups is 2. The van der Waals surface area contributed by atoms with Crippen LogP contribution in [-0.2, 0) is 11.2 Å². The van der Waals surface area contributed by atoms with Gasteiger partial charge in [-0.3, -0.25) is 10.1 Å². The maximum Gasteiger partial charge on any atom is 0.321 e. The van der Waals surface area contributed by atoms with Crippen molar-refractivity contribution in [3.05, 3.63) is 22.4 Å². The fourth-order valence-corrected chi connectivity index (χ4v) is 1.73. The lowest BCUT2D eigenvalue weighted by Crippen LogP contribution is -2.40. The summed E-state index contributed by atoms with van der Waals surface area (Å²) in [6.07, 6.45) is 0.764. The zero-order valence-electron chi connectivity index (χ0n) is 7.96. The van der Waals surface area contributed by atoms with E-state index >= 15 is 0 Å². The van der Waals surface area contributed by atoms with Gasteiger partial charge < -0.3 is 5.32 Å². The van der Waals surface area contributed by atoms with Gasteiger partial charge in [0.1, 0.15) is 5.88 Å². The van der Waals surface area contributed by atoms with E-state index in [1.165, 1.54) is 4.88 Å². The first-order chi connectivity index (χ1) is 7.22. The van der Waals surface area contributed by atoms with Crippen LogP contribution in [0.5, 0.6) is 0 Å². The van der Waals surface area contributed by atoms with Crippen LogP contribution in [0.2, 0.25) is 0 Å². The molecule has 0 aromatic carbocycles. The summed E-state index contributed by atoms with van der Waals surface area (Å²) in [6.45, 7) is 0.502. The third-order valence-electron chi connectivity index (χ3n) is 1.61. The van der Waals surface area contributed by atoms with Crippen LogP contribution in [0.25, 0.3) is 0 Å². The summed E-state index contributed by atoms with van der Waals surface area (Å²) in [6, 6.07) is 3.45. The highest BCUT2D eigenvalue weighted by molar-refractivity contribution is 7.09. The van der Waals surface area contributed by atoms with Crippen molar-refractivity contribution in [2.24, 2.45) is 0 Å². The molecular formula is C9H11ClN2O2S. The Morgan fingerprint density at radius 2 is 2.27 bits per heavy atom. The Morgan fingerprint density at radius 1 is 1.47 bits per heavy atom. The van der Waals surface area contributed by atoms with Gasteiger partial charge in [0.15, 0.2) is 0 Å². The topological polar surface area (TPSA) is 58.2 Å².